The van der Waals surface area contributed by atoms with E-state index in [1.807, 2.05) is 25.1 Å². The van der Waals surface area contributed by atoms with Crippen LogP contribution in [-0.4, -0.2) is 21.5 Å². The molecule has 1 aromatic carbocycles. The third kappa shape index (κ3) is 1.78. The fraction of sp³-hybridized carbons (Fsp3) is 0.231. The molecule has 0 saturated heterocycles. The van der Waals surface area contributed by atoms with Crippen LogP contribution in [0, 0.1) is 6.92 Å². The van der Waals surface area contributed by atoms with E-state index in [-0.39, 0.29) is 5.92 Å². The van der Waals surface area contributed by atoms with Crippen LogP contribution in [-0.2, 0) is 0 Å². The molecule has 3 rings (SSSR count). The molecular weight excluding hydrogens is 228 g/mol. The lowest BCUT2D eigenvalue weighted by molar-refractivity contribution is 0.561. The number of aromatic nitrogens is 3. The van der Waals surface area contributed by atoms with Crippen LogP contribution in [0.15, 0.2) is 35.0 Å². The van der Waals surface area contributed by atoms with Crippen LogP contribution in [0.3, 0.4) is 0 Å². The number of hydrogen-bond acceptors (Lipinski definition) is 4. The number of hydrogen-bond donors (Lipinski definition) is 2. The van der Waals surface area contributed by atoms with E-state index in [9.17, 15) is 0 Å². The smallest absolute Gasteiger partial charge is 0.192 e. The van der Waals surface area contributed by atoms with Gasteiger partial charge in [0.25, 0.3) is 0 Å². The van der Waals surface area contributed by atoms with Gasteiger partial charge in [0, 0.05) is 25.9 Å². The van der Waals surface area contributed by atoms with Crippen LogP contribution in [0.4, 0.5) is 0 Å². The van der Waals surface area contributed by atoms with Crippen molar-refractivity contribution in [1.29, 1.82) is 0 Å². The van der Waals surface area contributed by atoms with E-state index < -0.39 is 0 Å². The molecule has 0 radical (unpaired) electrons. The van der Waals surface area contributed by atoms with Crippen molar-refractivity contribution in [2.75, 3.05) is 6.54 Å². The number of oxazole rings is 1. The standard InChI is InChI=1S/C13H14N4O/c1-8-17-11-6-9(2-3-12(11)18-8)10(7-14)13-15-4-5-16-13/h2-6,10H,7,14H2,1H3,(H,15,16). The fourth-order valence-electron chi connectivity index (χ4n) is 2.15. The molecular formula is C13H14N4O. The highest BCUT2D eigenvalue weighted by Crippen LogP contribution is 2.24. The Labute approximate surface area is 104 Å². The molecule has 1 unspecified atom stereocenters. The van der Waals surface area contributed by atoms with Crippen molar-refractivity contribution < 1.29 is 4.42 Å². The molecule has 0 aliphatic heterocycles. The largest absolute Gasteiger partial charge is 0.441 e. The summed E-state index contributed by atoms with van der Waals surface area (Å²) >= 11 is 0. The van der Waals surface area contributed by atoms with E-state index >= 15 is 0 Å². The molecule has 0 aliphatic rings. The average Bonchev–Trinajstić information content (AvgIpc) is 2.97. The van der Waals surface area contributed by atoms with E-state index in [1.165, 1.54) is 0 Å². The van der Waals surface area contributed by atoms with E-state index in [0.717, 1.165) is 22.5 Å². The summed E-state index contributed by atoms with van der Waals surface area (Å²) in [6.45, 7) is 2.34. The SMILES string of the molecule is Cc1nc2cc(C(CN)c3ncc[nH]3)ccc2o1. The summed E-state index contributed by atoms with van der Waals surface area (Å²) in [4.78, 5) is 11.7. The molecule has 0 saturated carbocycles. The Kier molecular flexibility index (Phi) is 2.60. The summed E-state index contributed by atoms with van der Waals surface area (Å²) < 4.78 is 5.46. The number of fused-ring (bicyclic) bond motifs is 1. The number of imidazole rings is 1. The van der Waals surface area contributed by atoms with Crippen molar-refractivity contribution in [1.82, 2.24) is 15.0 Å². The number of benzene rings is 1. The molecule has 2 heterocycles. The van der Waals surface area contributed by atoms with Gasteiger partial charge in [-0.05, 0) is 17.7 Å². The Morgan fingerprint density at radius 3 is 3.06 bits per heavy atom. The molecule has 2 aromatic heterocycles. The number of nitrogens with zero attached hydrogens (tertiary/aromatic N) is 2. The van der Waals surface area contributed by atoms with Crippen LogP contribution in [0.25, 0.3) is 11.1 Å². The quantitative estimate of drug-likeness (QED) is 0.735. The topological polar surface area (TPSA) is 80.7 Å². The summed E-state index contributed by atoms with van der Waals surface area (Å²) in [6.07, 6.45) is 3.54. The predicted molar refractivity (Wildman–Crippen MR) is 68.2 cm³/mol. The second-order valence-electron chi connectivity index (χ2n) is 4.22. The molecule has 3 aromatic rings. The van der Waals surface area contributed by atoms with Gasteiger partial charge in [-0.3, -0.25) is 0 Å². The fourth-order valence-corrected chi connectivity index (χ4v) is 2.15. The van der Waals surface area contributed by atoms with Crippen LogP contribution in [0.2, 0.25) is 0 Å². The van der Waals surface area contributed by atoms with Crippen LogP contribution < -0.4 is 5.73 Å². The Morgan fingerprint density at radius 1 is 1.44 bits per heavy atom. The summed E-state index contributed by atoms with van der Waals surface area (Å²) in [6, 6.07) is 5.94. The molecule has 5 heteroatoms. The minimum atomic E-state index is 0.0569. The predicted octanol–water partition coefficient (Wildman–Crippen LogP) is 1.95. The number of rotatable bonds is 3. The monoisotopic (exact) mass is 242 g/mol. The minimum Gasteiger partial charge on any atom is -0.441 e. The van der Waals surface area contributed by atoms with Crippen molar-refractivity contribution in [2.24, 2.45) is 5.73 Å². The first-order chi connectivity index (χ1) is 8.78. The number of nitrogens with two attached hydrogens (primary N) is 1. The first-order valence-corrected chi connectivity index (χ1v) is 5.84. The molecule has 0 aliphatic carbocycles. The van der Waals surface area contributed by atoms with Gasteiger partial charge in [-0.15, -0.1) is 0 Å². The zero-order valence-electron chi connectivity index (χ0n) is 10.1. The number of nitrogens with one attached hydrogen (secondary N) is 1. The van der Waals surface area contributed by atoms with Crippen LogP contribution in [0.1, 0.15) is 23.2 Å². The molecule has 3 N–H and O–H groups in total. The number of aromatic amines is 1. The van der Waals surface area contributed by atoms with Crippen molar-refractivity contribution in [3.8, 4) is 0 Å². The van der Waals surface area contributed by atoms with Gasteiger partial charge in [0.15, 0.2) is 11.5 Å². The summed E-state index contributed by atoms with van der Waals surface area (Å²) in [5.41, 5.74) is 8.59. The lowest BCUT2D eigenvalue weighted by atomic mass is 9.98. The van der Waals surface area contributed by atoms with Gasteiger partial charge >= 0.3 is 0 Å². The third-order valence-electron chi connectivity index (χ3n) is 3.01. The molecule has 0 spiro atoms. The second kappa shape index (κ2) is 4.27. The lowest BCUT2D eigenvalue weighted by Crippen LogP contribution is -2.15. The van der Waals surface area contributed by atoms with Gasteiger partial charge in [-0.25, -0.2) is 9.97 Å². The van der Waals surface area contributed by atoms with Crippen LogP contribution >= 0.6 is 0 Å². The highest BCUT2D eigenvalue weighted by Gasteiger charge is 2.16. The van der Waals surface area contributed by atoms with E-state index in [0.29, 0.717) is 12.4 Å². The highest BCUT2D eigenvalue weighted by molar-refractivity contribution is 5.73. The van der Waals surface area contributed by atoms with Crippen molar-refractivity contribution in [3.63, 3.8) is 0 Å². The second-order valence-corrected chi connectivity index (χ2v) is 4.22. The van der Waals surface area contributed by atoms with Gasteiger partial charge in [0.1, 0.15) is 11.3 Å². The summed E-state index contributed by atoms with van der Waals surface area (Å²) in [5.74, 6) is 1.60. The Morgan fingerprint density at radius 2 is 2.33 bits per heavy atom. The normalized spacial score (nSPS) is 13.0. The minimum absolute atomic E-state index is 0.0569. The maximum atomic E-state index is 5.84. The van der Waals surface area contributed by atoms with Gasteiger partial charge in [-0.2, -0.15) is 0 Å². The maximum Gasteiger partial charge on any atom is 0.192 e. The first-order valence-electron chi connectivity index (χ1n) is 5.84. The molecule has 1 atom stereocenters. The molecule has 5 nitrogen and oxygen atoms in total. The summed E-state index contributed by atoms with van der Waals surface area (Å²) in [5, 5.41) is 0. The van der Waals surface area contributed by atoms with Gasteiger partial charge in [0.05, 0.1) is 5.92 Å². The average molecular weight is 242 g/mol. The molecule has 0 amide bonds. The first kappa shape index (κ1) is 11.0. The molecule has 0 bridgehead atoms. The molecule has 92 valence electrons. The number of H-pyrrole nitrogens is 1. The Hall–Kier alpha value is -2.14. The van der Waals surface area contributed by atoms with Crippen molar-refractivity contribution >= 4 is 11.1 Å². The number of aryl methyl sites for hydroxylation is 1. The zero-order valence-corrected chi connectivity index (χ0v) is 10.1. The van der Waals surface area contributed by atoms with Crippen molar-refractivity contribution in [3.05, 3.63) is 47.9 Å². The van der Waals surface area contributed by atoms with Crippen LogP contribution in [0.5, 0.6) is 0 Å². The maximum absolute atomic E-state index is 5.84. The Balaban J connectivity index is 2.07. The van der Waals surface area contributed by atoms with E-state index in [2.05, 4.69) is 15.0 Å². The summed E-state index contributed by atoms with van der Waals surface area (Å²) in [7, 11) is 0. The molecule has 0 fully saturated rings. The third-order valence-corrected chi connectivity index (χ3v) is 3.01. The lowest BCUT2D eigenvalue weighted by Gasteiger charge is -2.12. The van der Waals surface area contributed by atoms with E-state index in [1.54, 1.807) is 12.4 Å². The molecule has 18 heavy (non-hydrogen) atoms. The van der Waals surface area contributed by atoms with Gasteiger partial charge in [-0.1, -0.05) is 6.07 Å². The Bertz CT molecular complexity index is 657. The van der Waals surface area contributed by atoms with Gasteiger partial charge in [0.2, 0.25) is 0 Å². The van der Waals surface area contributed by atoms with E-state index in [4.69, 9.17) is 10.2 Å². The zero-order chi connectivity index (χ0) is 12.5. The highest BCUT2D eigenvalue weighted by atomic mass is 16.3. The van der Waals surface area contributed by atoms with Crippen molar-refractivity contribution in [2.45, 2.75) is 12.8 Å². The van der Waals surface area contributed by atoms with Gasteiger partial charge < -0.3 is 15.1 Å².